The Kier molecular flexibility index (Phi) is 6.86. The highest BCUT2D eigenvalue weighted by Gasteiger charge is 2.26. The number of carbonyl (C=O) groups is 1. The van der Waals surface area contributed by atoms with Crippen molar-refractivity contribution in [1.82, 2.24) is 9.21 Å². The molecule has 0 aromatic heterocycles. The highest BCUT2D eigenvalue weighted by molar-refractivity contribution is 7.89. The van der Waals surface area contributed by atoms with Crippen LogP contribution in [0.1, 0.15) is 32.6 Å². The summed E-state index contributed by atoms with van der Waals surface area (Å²) in [6, 6.07) is 6.22. The number of anilines is 1. The van der Waals surface area contributed by atoms with Gasteiger partial charge < -0.3 is 10.1 Å². The smallest absolute Gasteiger partial charge is 0.243 e. The van der Waals surface area contributed by atoms with Crippen LogP contribution in [0.4, 0.5) is 5.69 Å². The van der Waals surface area contributed by atoms with Crippen molar-refractivity contribution in [2.75, 3.05) is 44.7 Å². The zero-order valence-electron chi connectivity index (χ0n) is 15.9. The number of likely N-dealkylation sites (tertiary alicyclic amines) is 1. The molecule has 2 aliphatic heterocycles. The number of morpholine rings is 1. The summed E-state index contributed by atoms with van der Waals surface area (Å²) in [5, 5.41) is 2.91. The third-order valence-electron chi connectivity index (χ3n) is 5.30. The molecule has 1 amide bonds. The highest BCUT2D eigenvalue weighted by atomic mass is 32.2. The largest absolute Gasteiger partial charge is 0.379 e. The molecule has 0 radical (unpaired) electrons. The summed E-state index contributed by atoms with van der Waals surface area (Å²) in [4.78, 5) is 15.0. The van der Waals surface area contributed by atoms with Crippen molar-refractivity contribution in [2.24, 2.45) is 0 Å². The lowest BCUT2D eigenvalue weighted by atomic mass is 10.2. The molecule has 2 heterocycles. The SMILES string of the molecule is C[C@@H](C(=O)Nc1ccc(S(=O)(=O)N2CCOCC2)cc1)N1CCCCCC1. The van der Waals surface area contributed by atoms with E-state index in [9.17, 15) is 13.2 Å². The monoisotopic (exact) mass is 395 g/mol. The van der Waals surface area contributed by atoms with E-state index >= 15 is 0 Å². The van der Waals surface area contributed by atoms with Gasteiger partial charge in [0.15, 0.2) is 0 Å². The van der Waals surface area contributed by atoms with Crippen molar-refractivity contribution < 1.29 is 17.9 Å². The summed E-state index contributed by atoms with van der Waals surface area (Å²) in [6.07, 6.45) is 4.71. The van der Waals surface area contributed by atoms with Gasteiger partial charge in [-0.3, -0.25) is 9.69 Å². The Labute approximate surface area is 161 Å². The van der Waals surface area contributed by atoms with Gasteiger partial charge in [-0.15, -0.1) is 0 Å². The molecular weight excluding hydrogens is 366 g/mol. The average molecular weight is 396 g/mol. The van der Waals surface area contributed by atoms with Crippen molar-refractivity contribution in [2.45, 2.75) is 43.5 Å². The van der Waals surface area contributed by atoms with Crippen LogP contribution in [0.5, 0.6) is 0 Å². The summed E-state index contributed by atoms with van der Waals surface area (Å²) in [5.41, 5.74) is 0.614. The minimum Gasteiger partial charge on any atom is -0.379 e. The van der Waals surface area contributed by atoms with E-state index in [0.717, 1.165) is 25.9 Å². The average Bonchev–Trinajstić information content (AvgIpc) is 2.98. The lowest BCUT2D eigenvalue weighted by Gasteiger charge is -2.27. The third kappa shape index (κ3) is 5.07. The molecule has 0 spiro atoms. The zero-order valence-corrected chi connectivity index (χ0v) is 16.7. The molecule has 0 bridgehead atoms. The van der Waals surface area contributed by atoms with Crippen molar-refractivity contribution in [3.05, 3.63) is 24.3 Å². The number of amides is 1. The molecule has 2 saturated heterocycles. The molecule has 27 heavy (non-hydrogen) atoms. The molecule has 3 rings (SSSR count). The molecule has 0 aliphatic carbocycles. The minimum atomic E-state index is -3.51. The first-order valence-corrected chi connectivity index (χ1v) is 11.2. The van der Waals surface area contributed by atoms with Crippen LogP contribution in [0, 0.1) is 0 Å². The molecule has 1 aromatic carbocycles. The normalized spacial score (nSPS) is 21.4. The Morgan fingerprint density at radius 1 is 1.00 bits per heavy atom. The van der Waals surface area contributed by atoms with Crippen LogP contribution in [-0.4, -0.2) is 69.0 Å². The lowest BCUT2D eigenvalue weighted by molar-refractivity contribution is -0.120. The van der Waals surface area contributed by atoms with Crippen LogP contribution in [0.2, 0.25) is 0 Å². The van der Waals surface area contributed by atoms with E-state index < -0.39 is 10.0 Å². The van der Waals surface area contributed by atoms with Gasteiger partial charge in [-0.25, -0.2) is 8.42 Å². The number of hydrogen-bond donors (Lipinski definition) is 1. The molecule has 1 atom stereocenters. The Hall–Kier alpha value is -1.48. The van der Waals surface area contributed by atoms with Crippen LogP contribution in [-0.2, 0) is 19.6 Å². The van der Waals surface area contributed by atoms with Gasteiger partial charge in [-0.05, 0) is 57.1 Å². The zero-order chi connectivity index (χ0) is 19.3. The fraction of sp³-hybridized carbons (Fsp3) is 0.632. The summed E-state index contributed by atoms with van der Waals surface area (Å²) in [7, 11) is -3.51. The predicted octanol–water partition coefficient (Wildman–Crippen LogP) is 1.91. The Morgan fingerprint density at radius 3 is 2.19 bits per heavy atom. The van der Waals surface area contributed by atoms with E-state index in [1.165, 1.54) is 17.1 Å². The van der Waals surface area contributed by atoms with E-state index in [1.807, 2.05) is 6.92 Å². The number of benzene rings is 1. The Morgan fingerprint density at radius 2 is 1.59 bits per heavy atom. The Bertz CT molecular complexity index is 722. The maximum absolute atomic E-state index is 12.6. The van der Waals surface area contributed by atoms with E-state index in [4.69, 9.17) is 4.74 Å². The molecular formula is C19H29N3O4S. The fourth-order valence-electron chi connectivity index (χ4n) is 3.54. The molecule has 150 valence electrons. The van der Waals surface area contributed by atoms with Gasteiger partial charge >= 0.3 is 0 Å². The highest BCUT2D eigenvalue weighted by Crippen LogP contribution is 2.20. The minimum absolute atomic E-state index is 0.0549. The van der Waals surface area contributed by atoms with E-state index in [0.29, 0.717) is 32.0 Å². The summed E-state index contributed by atoms with van der Waals surface area (Å²) in [6.45, 7) is 5.40. The van der Waals surface area contributed by atoms with Gasteiger partial charge in [0, 0.05) is 18.8 Å². The van der Waals surface area contributed by atoms with Crippen LogP contribution in [0.3, 0.4) is 0 Å². The number of nitrogens with one attached hydrogen (secondary N) is 1. The second-order valence-corrected chi connectivity index (χ2v) is 9.09. The number of sulfonamides is 1. The van der Waals surface area contributed by atoms with Crippen LogP contribution in [0.25, 0.3) is 0 Å². The maximum Gasteiger partial charge on any atom is 0.243 e. The number of ether oxygens (including phenoxy) is 1. The molecule has 0 saturated carbocycles. The van der Waals surface area contributed by atoms with Gasteiger partial charge in [0.05, 0.1) is 24.2 Å². The molecule has 7 nitrogen and oxygen atoms in total. The van der Waals surface area contributed by atoms with Crippen LogP contribution in [0.15, 0.2) is 29.2 Å². The van der Waals surface area contributed by atoms with Crippen molar-refractivity contribution >= 4 is 21.6 Å². The van der Waals surface area contributed by atoms with Gasteiger partial charge in [0.2, 0.25) is 15.9 Å². The number of rotatable bonds is 5. The van der Waals surface area contributed by atoms with Gasteiger partial charge in [-0.1, -0.05) is 12.8 Å². The van der Waals surface area contributed by atoms with Crippen molar-refractivity contribution in [3.63, 3.8) is 0 Å². The van der Waals surface area contributed by atoms with Crippen molar-refractivity contribution in [1.29, 1.82) is 0 Å². The standard InChI is InChI=1S/C19H29N3O4S/c1-16(21-10-4-2-3-5-11-21)19(23)20-17-6-8-18(9-7-17)27(24,25)22-12-14-26-15-13-22/h6-9,16H,2-5,10-15H2,1H3,(H,20,23)/t16-/m0/s1. The number of nitrogens with zero attached hydrogens (tertiary/aromatic N) is 2. The molecule has 8 heteroatoms. The summed E-state index contributed by atoms with van der Waals surface area (Å²) < 4.78 is 31.9. The van der Waals surface area contributed by atoms with Gasteiger partial charge in [0.25, 0.3) is 0 Å². The Balaban J connectivity index is 1.62. The molecule has 2 aliphatic rings. The van der Waals surface area contributed by atoms with Gasteiger partial charge in [0.1, 0.15) is 0 Å². The first-order valence-electron chi connectivity index (χ1n) is 9.71. The van der Waals surface area contributed by atoms with E-state index in [1.54, 1.807) is 24.3 Å². The first kappa shape index (κ1) is 20.3. The topological polar surface area (TPSA) is 79.0 Å². The quantitative estimate of drug-likeness (QED) is 0.824. The second-order valence-electron chi connectivity index (χ2n) is 7.16. The van der Waals surface area contributed by atoms with E-state index in [2.05, 4.69) is 10.2 Å². The molecule has 0 unspecified atom stereocenters. The molecule has 1 aromatic rings. The molecule has 2 fully saturated rings. The number of carbonyl (C=O) groups excluding carboxylic acids is 1. The third-order valence-corrected chi connectivity index (χ3v) is 7.21. The summed E-state index contributed by atoms with van der Waals surface area (Å²) >= 11 is 0. The fourth-order valence-corrected chi connectivity index (χ4v) is 4.95. The van der Waals surface area contributed by atoms with E-state index in [-0.39, 0.29) is 16.8 Å². The van der Waals surface area contributed by atoms with Gasteiger partial charge in [-0.2, -0.15) is 4.31 Å². The predicted molar refractivity (Wildman–Crippen MR) is 104 cm³/mol. The van der Waals surface area contributed by atoms with Crippen LogP contribution < -0.4 is 5.32 Å². The summed E-state index contributed by atoms with van der Waals surface area (Å²) in [5.74, 6) is -0.0549. The maximum atomic E-state index is 12.6. The lowest BCUT2D eigenvalue weighted by Crippen LogP contribution is -2.42. The number of hydrogen-bond acceptors (Lipinski definition) is 5. The van der Waals surface area contributed by atoms with Crippen molar-refractivity contribution in [3.8, 4) is 0 Å². The second kappa shape index (κ2) is 9.14. The first-order chi connectivity index (χ1) is 13.0. The van der Waals surface area contributed by atoms with Crippen LogP contribution >= 0.6 is 0 Å². The molecule has 1 N–H and O–H groups in total.